The van der Waals surface area contributed by atoms with Gasteiger partial charge in [0.1, 0.15) is 29.8 Å². The third-order valence-corrected chi connectivity index (χ3v) is 8.96. The quantitative estimate of drug-likeness (QED) is 0.263. The molecule has 0 spiro atoms. The maximum Gasteiger partial charge on any atom is 0.281 e. The van der Waals surface area contributed by atoms with Gasteiger partial charge in [-0.1, -0.05) is 26.5 Å². The van der Waals surface area contributed by atoms with E-state index in [-0.39, 0.29) is 63.0 Å². The number of phenolic OH excluding ortho intramolecular Hbond substituents is 1. The molecule has 0 radical (unpaired) electrons. The number of aromatic nitrogens is 1. The Morgan fingerprint density at radius 1 is 1.27 bits per heavy atom. The molecule has 8 nitrogen and oxygen atoms in total. The lowest BCUT2D eigenvalue weighted by molar-refractivity contribution is 0.0974. The summed E-state index contributed by atoms with van der Waals surface area (Å²) in [7, 11) is -1.72. The molecule has 5 rings (SSSR count). The number of aromatic hydroxyl groups is 1. The number of nitrogens with zero attached hydrogens (tertiary/aromatic N) is 2. The predicted octanol–water partition coefficient (Wildman–Crippen LogP) is 6.43. The fraction of sp³-hybridized carbons (Fsp3) is 0.333. The number of amides is 1. The van der Waals surface area contributed by atoms with Gasteiger partial charge in [-0.05, 0) is 55.5 Å². The van der Waals surface area contributed by atoms with Gasteiger partial charge in [-0.3, -0.25) is 13.9 Å². The molecular weight excluding hydrogens is 552 g/mol. The molecule has 3 aromatic rings. The number of anilines is 2. The Kier molecular flexibility index (Phi) is 7.27. The SMILES string of the molecule is C=C(C)COc1ccc(C2C3=C(CC(C)(C)CS3=O)Nc3c(O)cccc3N2C(=O)c2nc(C)oc2C)c(F)c1F. The van der Waals surface area contributed by atoms with Crippen LogP contribution in [-0.2, 0) is 10.8 Å². The van der Waals surface area contributed by atoms with E-state index in [1.54, 1.807) is 26.8 Å². The fourth-order valence-corrected chi connectivity index (χ4v) is 7.11. The first-order valence-corrected chi connectivity index (χ1v) is 14.3. The highest BCUT2D eigenvalue weighted by Crippen LogP contribution is 2.51. The molecule has 11 heteroatoms. The average Bonchev–Trinajstić information content (AvgIpc) is 3.14. The van der Waals surface area contributed by atoms with E-state index in [1.165, 1.54) is 29.2 Å². The molecule has 0 saturated heterocycles. The smallest absolute Gasteiger partial charge is 0.281 e. The number of ether oxygens (including phenoxy) is 1. The second-order valence-corrected chi connectivity index (χ2v) is 12.6. The lowest BCUT2D eigenvalue weighted by atomic mass is 9.88. The molecule has 3 heterocycles. The second kappa shape index (κ2) is 10.4. The first-order valence-electron chi connectivity index (χ1n) is 13.0. The first-order chi connectivity index (χ1) is 19.3. The van der Waals surface area contributed by atoms with E-state index < -0.39 is 39.8 Å². The summed E-state index contributed by atoms with van der Waals surface area (Å²) in [5, 5.41) is 14.1. The van der Waals surface area contributed by atoms with Gasteiger partial charge >= 0.3 is 0 Å². The van der Waals surface area contributed by atoms with E-state index >= 15 is 8.78 Å². The number of nitrogens with one attached hydrogen (secondary N) is 1. The number of para-hydroxylation sites is 1. The van der Waals surface area contributed by atoms with Crippen LogP contribution in [0.25, 0.3) is 0 Å². The van der Waals surface area contributed by atoms with E-state index in [4.69, 9.17) is 9.15 Å². The van der Waals surface area contributed by atoms with E-state index in [0.717, 1.165) is 0 Å². The number of hydrogen-bond acceptors (Lipinski definition) is 7. The minimum absolute atomic E-state index is 0.0144. The van der Waals surface area contributed by atoms with Crippen LogP contribution in [0.2, 0.25) is 0 Å². The van der Waals surface area contributed by atoms with Gasteiger partial charge in [0.05, 0.1) is 21.4 Å². The van der Waals surface area contributed by atoms with Crippen LogP contribution >= 0.6 is 0 Å². The Bertz CT molecular complexity index is 1640. The van der Waals surface area contributed by atoms with Crippen LogP contribution in [0.3, 0.4) is 0 Å². The van der Waals surface area contributed by atoms with Crippen molar-refractivity contribution in [3.63, 3.8) is 0 Å². The van der Waals surface area contributed by atoms with Crippen molar-refractivity contribution in [1.29, 1.82) is 0 Å². The van der Waals surface area contributed by atoms with Gasteiger partial charge in [0.2, 0.25) is 5.82 Å². The highest BCUT2D eigenvalue weighted by atomic mass is 32.2. The van der Waals surface area contributed by atoms with Gasteiger partial charge < -0.3 is 19.6 Å². The lowest BCUT2D eigenvalue weighted by Gasteiger charge is -2.37. The van der Waals surface area contributed by atoms with Crippen molar-refractivity contribution in [1.82, 2.24) is 4.98 Å². The van der Waals surface area contributed by atoms with Crippen LogP contribution < -0.4 is 15.0 Å². The summed E-state index contributed by atoms with van der Waals surface area (Å²) in [5.41, 5.74) is 0.722. The van der Waals surface area contributed by atoms with Crippen molar-refractivity contribution in [3.8, 4) is 11.5 Å². The normalized spacial score (nSPS) is 19.6. The van der Waals surface area contributed by atoms with E-state index in [1.807, 2.05) is 13.8 Å². The van der Waals surface area contributed by atoms with Crippen LogP contribution in [0.1, 0.15) is 60.9 Å². The number of rotatable bonds is 5. The van der Waals surface area contributed by atoms with Crippen LogP contribution in [0.4, 0.5) is 20.2 Å². The zero-order valence-electron chi connectivity index (χ0n) is 23.4. The number of halogens is 2. The van der Waals surface area contributed by atoms with Crippen LogP contribution in [0.15, 0.2) is 57.5 Å². The van der Waals surface area contributed by atoms with Crippen molar-refractivity contribution < 1.29 is 32.0 Å². The summed E-state index contributed by atoms with van der Waals surface area (Å²) >= 11 is 0. The highest BCUT2D eigenvalue weighted by molar-refractivity contribution is 7.89. The Balaban J connectivity index is 1.81. The second-order valence-electron chi connectivity index (χ2n) is 11.2. The number of oxazole rings is 1. The number of allylic oxidation sites excluding steroid dienone is 1. The van der Waals surface area contributed by atoms with E-state index in [2.05, 4.69) is 16.9 Å². The summed E-state index contributed by atoms with van der Waals surface area (Å²) in [6.07, 6.45) is 0.381. The van der Waals surface area contributed by atoms with Gasteiger partial charge in [-0.15, -0.1) is 0 Å². The van der Waals surface area contributed by atoms with Crippen LogP contribution in [0.5, 0.6) is 11.5 Å². The molecule has 0 saturated carbocycles. The molecule has 2 N–H and O–H groups in total. The largest absolute Gasteiger partial charge is 0.506 e. The summed E-state index contributed by atoms with van der Waals surface area (Å²) in [6.45, 7) is 12.4. The Labute approximate surface area is 239 Å². The molecule has 2 atom stereocenters. The number of carbonyl (C=O) groups is 1. The predicted molar refractivity (Wildman–Crippen MR) is 152 cm³/mol. The van der Waals surface area contributed by atoms with Crippen LogP contribution in [-0.4, -0.2) is 32.6 Å². The lowest BCUT2D eigenvalue weighted by Crippen LogP contribution is -2.40. The third kappa shape index (κ3) is 5.14. The molecule has 216 valence electrons. The Hall–Kier alpha value is -3.99. The highest BCUT2D eigenvalue weighted by Gasteiger charge is 2.45. The Morgan fingerprint density at radius 3 is 2.66 bits per heavy atom. The number of hydrogen-bond donors (Lipinski definition) is 2. The molecule has 41 heavy (non-hydrogen) atoms. The van der Waals surface area contributed by atoms with Crippen molar-refractivity contribution in [2.75, 3.05) is 22.6 Å². The van der Waals surface area contributed by atoms with Crippen LogP contribution in [0, 0.1) is 30.9 Å². The maximum absolute atomic E-state index is 16.1. The molecule has 2 aliphatic rings. The van der Waals surface area contributed by atoms with Gasteiger partial charge in [-0.25, -0.2) is 9.37 Å². The molecule has 0 fully saturated rings. The monoisotopic (exact) mass is 583 g/mol. The number of aryl methyl sites for hydroxylation is 2. The van der Waals surface area contributed by atoms with Crippen molar-refractivity contribution >= 4 is 28.1 Å². The minimum Gasteiger partial charge on any atom is -0.506 e. The zero-order valence-corrected chi connectivity index (χ0v) is 24.2. The molecule has 1 aromatic heterocycles. The molecule has 0 bridgehead atoms. The summed E-state index contributed by atoms with van der Waals surface area (Å²) in [4.78, 5) is 20.0. The Morgan fingerprint density at radius 2 is 2.00 bits per heavy atom. The van der Waals surface area contributed by atoms with Crippen molar-refractivity contribution in [2.24, 2.45) is 5.41 Å². The summed E-state index contributed by atoms with van der Waals surface area (Å²) in [5.74, 6) is -3.01. The fourth-order valence-electron chi connectivity index (χ4n) is 5.27. The van der Waals surface area contributed by atoms with Gasteiger partial charge in [0.15, 0.2) is 23.2 Å². The molecule has 2 aliphatic heterocycles. The molecule has 0 aliphatic carbocycles. The van der Waals surface area contributed by atoms with Crippen molar-refractivity contribution in [2.45, 2.75) is 47.1 Å². The summed E-state index contributed by atoms with van der Waals surface area (Å²) in [6, 6.07) is 5.80. The topological polar surface area (TPSA) is 105 Å². The summed E-state index contributed by atoms with van der Waals surface area (Å²) < 4.78 is 56.4. The number of fused-ring (bicyclic) bond motifs is 1. The minimum atomic E-state index is -1.72. The number of carbonyl (C=O) groups excluding carboxylic acids is 1. The molecule has 2 aromatic carbocycles. The average molecular weight is 584 g/mol. The number of benzene rings is 2. The third-order valence-electron chi connectivity index (χ3n) is 6.95. The zero-order chi connectivity index (χ0) is 29.8. The molecule has 2 unspecified atom stereocenters. The molecule has 1 amide bonds. The van der Waals surface area contributed by atoms with Gasteiger partial charge in [0.25, 0.3) is 5.91 Å². The maximum atomic E-state index is 16.1. The first kappa shape index (κ1) is 28.5. The molecular formula is C30H31F2N3O5S. The van der Waals surface area contributed by atoms with E-state index in [9.17, 15) is 14.1 Å². The van der Waals surface area contributed by atoms with Gasteiger partial charge in [0, 0.05) is 23.9 Å². The van der Waals surface area contributed by atoms with Crippen molar-refractivity contribution in [3.05, 3.63) is 87.6 Å². The van der Waals surface area contributed by atoms with Gasteiger partial charge in [-0.2, -0.15) is 4.39 Å². The number of phenols is 1. The standard InChI is InChI=1S/C30H31F2N3O5S/c1-15(2)13-39-22-11-10-18(23(31)24(22)32)27-28-19(12-30(5,6)14-41(28)38)34-26-20(8-7-9-21(26)36)35(27)29(37)25-16(3)40-17(4)33-25/h7-11,27,34,36H,1,12-14H2,2-6H3. The van der Waals surface area contributed by atoms with E-state index in [0.29, 0.717) is 17.7 Å².